The molecule has 2 aromatic carbocycles. The Hall–Kier alpha value is -3.05. The second-order valence-corrected chi connectivity index (χ2v) is 10.9. The van der Waals surface area contributed by atoms with E-state index in [4.69, 9.17) is 4.42 Å². The summed E-state index contributed by atoms with van der Waals surface area (Å²) >= 11 is -2.42. The summed E-state index contributed by atoms with van der Waals surface area (Å²) in [5, 5.41) is 1.62. The minimum absolute atomic E-state index is 0.127. The molecule has 196 valence electrons. The maximum Gasteiger partial charge on any atom is 0.295 e. The van der Waals surface area contributed by atoms with Gasteiger partial charge in [-0.05, 0) is 58.0 Å². The van der Waals surface area contributed by atoms with Gasteiger partial charge in [0.15, 0.2) is 11.1 Å². The highest BCUT2D eigenvalue weighted by Crippen LogP contribution is 2.43. The van der Waals surface area contributed by atoms with Crippen molar-refractivity contribution in [3.8, 4) is 22.5 Å². The minimum atomic E-state index is -4.73. The molecule has 1 atom stereocenters. The number of hydrogen-bond acceptors (Lipinski definition) is 5. The molecule has 1 heterocycles. The highest BCUT2D eigenvalue weighted by Gasteiger charge is 2.25. The van der Waals surface area contributed by atoms with Crippen molar-refractivity contribution in [1.29, 1.82) is 0 Å². The molecule has 0 aromatic heterocycles. The van der Waals surface area contributed by atoms with Gasteiger partial charge in [0.25, 0.3) is 10.1 Å². The molecule has 0 amide bonds. The molecule has 0 saturated carbocycles. The standard InChI is InChI=1S/C27H30N2O6S2/c1-5-28(6-2)18-9-12-21-24(15-18)35-25-16-19(29(7-3)8-4)10-13-22(25)27(21)23-14-11-20(36(30)31)17-26(23)37(32,33)34/h9-17H,5-8H2,1-4H3,(H-,30,31,32,33,34)/p+1. The third kappa shape index (κ3) is 5.19. The summed E-state index contributed by atoms with van der Waals surface area (Å²) in [6.45, 7) is 11.5. The lowest BCUT2D eigenvalue weighted by Gasteiger charge is -2.22. The Morgan fingerprint density at radius 2 is 1.59 bits per heavy atom. The van der Waals surface area contributed by atoms with Crippen LogP contribution in [-0.2, 0) is 21.2 Å². The van der Waals surface area contributed by atoms with Gasteiger partial charge in [-0.25, -0.2) is 8.78 Å². The van der Waals surface area contributed by atoms with Crippen LogP contribution in [0.4, 0.5) is 5.69 Å². The van der Waals surface area contributed by atoms with Gasteiger partial charge in [0.2, 0.25) is 5.36 Å². The van der Waals surface area contributed by atoms with Crippen molar-refractivity contribution in [3.05, 3.63) is 60.0 Å². The first-order chi connectivity index (χ1) is 17.6. The molecule has 0 bridgehead atoms. The minimum Gasteiger partial charge on any atom is -0.456 e. The summed E-state index contributed by atoms with van der Waals surface area (Å²) in [5.41, 5.74) is 2.94. The predicted molar refractivity (Wildman–Crippen MR) is 147 cm³/mol. The average Bonchev–Trinajstić information content (AvgIpc) is 2.87. The van der Waals surface area contributed by atoms with E-state index < -0.39 is 26.1 Å². The Morgan fingerprint density at radius 3 is 2.19 bits per heavy atom. The molecule has 2 aromatic rings. The zero-order valence-corrected chi connectivity index (χ0v) is 22.9. The fourth-order valence-corrected chi connectivity index (χ4v) is 5.96. The van der Waals surface area contributed by atoms with E-state index >= 15 is 0 Å². The fraction of sp³-hybridized carbons (Fsp3) is 0.296. The van der Waals surface area contributed by atoms with Crippen molar-refractivity contribution < 1.29 is 26.1 Å². The van der Waals surface area contributed by atoms with Crippen molar-refractivity contribution in [2.24, 2.45) is 0 Å². The molecule has 4 rings (SSSR count). The van der Waals surface area contributed by atoms with Crippen LogP contribution in [0.3, 0.4) is 0 Å². The summed E-state index contributed by atoms with van der Waals surface area (Å²) < 4.78 is 64.8. The topological polar surface area (TPSA) is 111 Å². The first kappa shape index (κ1) is 27.0. The molecule has 2 aliphatic rings. The van der Waals surface area contributed by atoms with Crippen LogP contribution in [0, 0.1) is 0 Å². The van der Waals surface area contributed by atoms with Crippen LogP contribution < -0.4 is 14.8 Å². The summed E-state index contributed by atoms with van der Waals surface area (Å²) in [6.07, 6.45) is 0. The van der Waals surface area contributed by atoms with Gasteiger partial charge in [0.05, 0.1) is 11.0 Å². The van der Waals surface area contributed by atoms with Crippen LogP contribution in [0.25, 0.3) is 33.4 Å². The SMILES string of the molecule is CCN(CC)c1ccc2c(-c3ccc(S(=O)O)cc3S(=O)(=O)O)c3ccc(=[N+](CC)CC)cc-3oc2c1. The first-order valence-electron chi connectivity index (χ1n) is 12.2. The average molecular weight is 544 g/mol. The van der Waals surface area contributed by atoms with Gasteiger partial charge in [-0.15, -0.1) is 0 Å². The van der Waals surface area contributed by atoms with Gasteiger partial charge >= 0.3 is 0 Å². The summed E-state index contributed by atoms with van der Waals surface area (Å²) in [5.74, 6) is 0.555. The Bertz CT molecular complexity index is 1630. The smallest absolute Gasteiger partial charge is 0.295 e. The lowest BCUT2D eigenvalue weighted by Crippen LogP contribution is -2.29. The van der Waals surface area contributed by atoms with Gasteiger partial charge in [-0.2, -0.15) is 8.42 Å². The van der Waals surface area contributed by atoms with Crippen LogP contribution in [0.2, 0.25) is 0 Å². The highest BCUT2D eigenvalue weighted by atomic mass is 32.2. The van der Waals surface area contributed by atoms with Crippen molar-refractivity contribution >= 4 is 37.9 Å². The second-order valence-electron chi connectivity index (χ2n) is 8.56. The molecule has 8 nitrogen and oxygen atoms in total. The van der Waals surface area contributed by atoms with Gasteiger partial charge in [0.1, 0.15) is 29.3 Å². The molecular weight excluding hydrogens is 512 g/mol. The lowest BCUT2D eigenvalue weighted by atomic mass is 9.93. The van der Waals surface area contributed by atoms with E-state index in [-0.39, 0.29) is 10.5 Å². The predicted octanol–water partition coefficient (Wildman–Crippen LogP) is 4.69. The molecule has 0 fully saturated rings. The molecule has 0 spiro atoms. The van der Waals surface area contributed by atoms with Crippen molar-refractivity contribution in [2.75, 3.05) is 31.1 Å². The van der Waals surface area contributed by atoms with Gasteiger partial charge in [-0.1, -0.05) is 6.07 Å². The highest BCUT2D eigenvalue weighted by molar-refractivity contribution is 7.86. The number of fused-ring (bicyclic) bond motifs is 2. The van der Waals surface area contributed by atoms with Gasteiger partial charge in [-0.3, -0.25) is 4.55 Å². The molecule has 1 aliphatic heterocycles. The second kappa shape index (κ2) is 10.7. The van der Waals surface area contributed by atoms with E-state index in [9.17, 15) is 21.7 Å². The number of benzene rings is 3. The number of nitrogens with zero attached hydrogens (tertiary/aromatic N) is 2. The number of hydrogen-bond donors (Lipinski definition) is 2. The molecular formula is C27H31N2O6S2+. The molecule has 2 N–H and O–H groups in total. The molecule has 0 saturated heterocycles. The van der Waals surface area contributed by atoms with Crippen LogP contribution in [0.1, 0.15) is 27.7 Å². The van der Waals surface area contributed by atoms with Crippen LogP contribution in [-0.4, -0.2) is 47.9 Å². The van der Waals surface area contributed by atoms with Crippen LogP contribution in [0.15, 0.2) is 68.8 Å². The lowest BCUT2D eigenvalue weighted by molar-refractivity contribution is 0.483. The Labute approximate surface area is 219 Å². The van der Waals surface area contributed by atoms with E-state index in [1.54, 1.807) is 0 Å². The summed E-state index contributed by atoms with van der Waals surface area (Å²) in [7, 11) is -4.73. The first-order valence-corrected chi connectivity index (χ1v) is 14.7. The zero-order chi connectivity index (χ0) is 26.9. The monoisotopic (exact) mass is 543 g/mol. The third-order valence-electron chi connectivity index (χ3n) is 6.65. The Kier molecular flexibility index (Phi) is 7.84. The van der Waals surface area contributed by atoms with E-state index in [0.717, 1.165) is 43.3 Å². The van der Waals surface area contributed by atoms with Gasteiger partial charge < -0.3 is 13.9 Å². The maximum atomic E-state index is 12.5. The summed E-state index contributed by atoms with van der Waals surface area (Å²) in [6, 6.07) is 15.4. The third-order valence-corrected chi connectivity index (χ3v) is 8.20. The molecule has 1 unspecified atom stereocenters. The van der Waals surface area contributed by atoms with Crippen LogP contribution >= 0.6 is 0 Å². The largest absolute Gasteiger partial charge is 0.456 e. The molecule has 37 heavy (non-hydrogen) atoms. The molecule has 10 heteroatoms. The zero-order valence-electron chi connectivity index (χ0n) is 21.3. The van der Waals surface area contributed by atoms with E-state index in [2.05, 4.69) is 37.2 Å². The number of rotatable bonds is 8. The molecule has 0 radical (unpaired) electrons. The summed E-state index contributed by atoms with van der Waals surface area (Å²) in [4.78, 5) is 1.61. The fourth-order valence-electron chi connectivity index (χ4n) is 4.76. The number of anilines is 1. The quantitative estimate of drug-likeness (QED) is 0.144. The Morgan fingerprint density at radius 1 is 0.919 bits per heavy atom. The van der Waals surface area contributed by atoms with Gasteiger partial charge in [0, 0.05) is 53.0 Å². The van der Waals surface area contributed by atoms with Crippen LogP contribution in [0.5, 0.6) is 0 Å². The maximum absolute atomic E-state index is 12.5. The normalized spacial score (nSPS) is 12.7. The van der Waals surface area contributed by atoms with E-state index in [1.165, 1.54) is 12.1 Å². The van der Waals surface area contributed by atoms with Crippen molar-refractivity contribution in [1.82, 2.24) is 4.58 Å². The van der Waals surface area contributed by atoms with Crippen molar-refractivity contribution in [3.63, 3.8) is 0 Å². The Balaban J connectivity index is 2.18. The molecule has 1 aliphatic carbocycles. The van der Waals surface area contributed by atoms with Crippen molar-refractivity contribution in [2.45, 2.75) is 37.5 Å². The van der Waals surface area contributed by atoms with E-state index in [0.29, 0.717) is 27.9 Å². The van der Waals surface area contributed by atoms with E-state index in [1.807, 2.05) is 36.4 Å².